The lowest BCUT2D eigenvalue weighted by molar-refractivity contribution is -0.0785. The zero-order valence-corrected chi connectivity index (χ0v) is 12.4. The lowest BCUT2D eigenvalue weighted by Crippen LogP contribution is -2.50. The molecular weight excluding hydrogens is 304 g/mol. The number of aromatic nitrogens is 2. The van der Waals surface area contributed by atoms with Gasteiger partial charge in [-0.2, -0.15) is 0 Å². The third kappa shape index (κ3) is 3.07. The Morgan fingerprint density at radius 3 is 2.64 bits per heavy atom. The number of thioether (sulfide) groups is 1. The molecular formula is C15H16N2O4S. The molecule has 1 aliphatic rings. The minimum atomic E-state index is -1.22. The Hall–Kier alpha value is -1.67. The van der Waals surface area contributed by atoms with Gasteiger partial charge in [0, 0.05) is 35.5 Å². The topological polar surface area (TPSA) is 95.7 Å². The van der Waals surface area contributed by atoms with Crippen LogP contribution < -0.4 is 4.74 Å². The zero-order chi connectivity index (χ0) is 15.5. The van der Waals surface area contributed by atoms with Crippen molar-refractivity contribution < 1.29 is 20.1 Å². The minimum Gasteiger partial charge on any atom is -0.475 e. The molecule has 0 spiro atoms. The van der Waals surface area contributed by atoms with E-state index in [4.69, 9.17) is 4.74 Å². The Morgan fingerprint density at radius 1 is 1.05 bits per heavy atom. The van der Waals surface area contributed by atoms with Crippen molar-refractivity contribution in [3.05, 3.63) is 43.0 Å². The second-order valence-corrected chi connectivity index (χ2v) is 6.11. The van der Waals surface area contributed by atoms with Crippen LogP contribution in [0.15, 0.2) is 43.0 Å². The van der Waals surface area contributed by atoms with E-state index in [-0.39, 0.29) is 0 Å². The summed E-state index contributed by atoms with van der Waals surface area (Å²) >= 11 is 1.26. The van der Waals surface area contributed by atoms with Crippen LogP contribution in [0.4, 0.5) is 0 Å². The van der Waals surface area contributed by atoms with E-state index in [2.05, 4.69) is 9.97 Å². The molecule has 0 amide bonds. The summed E-state index contributed by atoms with van der Waals surface area (Å²) in [6.45, 7) is 0. The highest BCUT2D eigenvalue weighted by atomic mass is 32.2. The molecule has 7 heteroatoms. The third-order valence-electron chi connectivity index (χ3n) is 3.45. The van der Waals surface area contributed by atoms with Gasteiger partial charge in [-0.25, -0.2) is 0 Å². The van der Waals surface area contributed by atoms with Gasteiger partial charge in [0.25, 0.3) is 0 Å². The Labute approximate surface area is 131 Å². The second kappa shape index (κ2) is 6.62. The van der Waals surface area contributed by atoms with Crippen molar-refractivity contribution in [2.24, 2.45) is 0 Å². The van der Waals surface area contributed by atoms with Gasteiger partial charge in [0.2, 0.25) is 0 Å². The Bertz CT molecular complexity index is 628. The number of hydrogen-bond acceptors (Lipinski definition) is 7. The van der Waals surface area contributed by atoms with Crippen LogP contribution in [-0.4, -0.2) is 54.8 Å². The van der Waals surface area contributed by atoms with Crippen molar-refractivity contribution in [2.75, 3.05) is 5.75 Å². The van der Waals surface area contributed by atoms with Crippen molar-refractivity contribution in [1.82, 2.24) is 9.97 Å². The van der Waals surface area contributed by atoms with E-state index in [1.165, 1.54) is 11.8 Å². The molecule has 116 valence electrons. The Morgan fingerprint density at radius 2 is 1.86 bits per heavy atom. The summed E-state index contributed by atoms with van der Waals surface area (Å²) in [4.78, 5) is 8.13. The largest absolute Gasteiger partial charge is 0.475 e. The van der Waals surface area contributed by atoms with Crippen molar-refractivity contribution >= 4 is 11.8 Å². The summed E-state index contributed by atoms with van der Waals surface area (Å²) in [5.74, 6) is 0.793. The lowest BCUT2D eigenvalue weighted by Gasteiger charge is -2.34. The molecule has 3 rings (SSSR count). The van der Waals surface area contributed by atoms with E-state index in [0.29, 0.717) is 11.5 Å². The molecule has 2 aromatic heterocycles. The molecule has 0 aliphatic carbocycles. The highest BCUT2D eigenvalue weighted by molar-refractivity contribution is 7.99. The van der Waals surface area contributed by atoms with Crippen LogP contribution in [0.5, 0.6) is 5.75 Å². The molecule has 0 saturated carbocycles. The number of aliphatic hydroxyl groups is 3. The van der Waals surface area contributed by atoms with Gasteiger partial charge in [-0.3, -0.25) is 9.97 Å². The van der Waals surface area contributed by atoms with E-state index < -0.39 is 23.7 Å². The van der Waals surface area contributed by atoms with Crippen LogP contribution >= 0.6 is 11.8 Å². The van der Waals surface area contributed by atoms with Crippen LogP contribution in [0.25, 0.3) is 11.1 Å². The monoisotopic (exact) mass is 320 g/mol. The average molecular weight is 320 g/mol. The Balaban J connectivity index is 1.84. The second-order valence-electron chi connectivity index (χ2n) is 4.98. The molecule has 0 bridgehead atoms. The standard InChI is InChI=1S/C15H16N2O4S/c18-11-8-22-15(14(20)13(11)19)21-12-7-17-5-3-10(12)9-2-1-4-16-6-9/h1-7,11,13-15,18-20H,8H2/t11-,13+,14-,15-/m1/s1. The van der Waals surface area contributed by atoms with E-state index in [1.54, 1.807) is 30.9 Å². The summed E-state index contributed by atoms with van der Waals surface area (Å²) in [7, 11) is 0. The molecule has 1 fully saturated rings. The van der Waals surface area contributed by atoms with E-state index >= 15 is 0 Å². The molecule has 2 aromatic rings. The summed E-state index contributed by atoms with van der Waals surface area (Å²) in [5, 5.41) is 29.4. The molecule has 6 nitrogen and oxygen atoms in total. The molecule has 3 N–H and O–H groups in total. The van der Waals surface area contributed by atoms with Crippen LogP contribution in [0.2, 0.25) is 0 Å². The van der Waals surface area contributed by atoms with E-state index in [1.807, 2.05) is 12.1 Å². The average Bonchev–Trinajstić information content (AvgIpc) is 2.57. The molecule has 1 saturated heterocycles. The van der Waals surface area contributed by atoms with Crippen molar-refractivity contribution in [2.45, 2.75) is 23.7 Å². The molecule has 4 atom stereocenters. The Kier molecular flexibility index (Phi) is 4.58. The highest BCUT2D eigenvalue weighted by Gasteiger charge is 2.38. The third-order valence-corrected chi connectivity index (χ3v) is 4.69. The number of pyridine rings is 2. The van der Waals surface area contributed by atoms with Crippen molar-refractivity contribution in [3.8, 4) is 16.9 Å². The predicted octanol–water partition coefficient (Wildman–Crippen LogP) is 0.678. The van der Waals surface area contributed by atoms with E-state index in [0.717, 1.165) is 11.1 Å². The van der Waals surface area contributed by atoms with Gasteiger partial charge in [-0.05, 0) is 12.1 Å². The predicted molar refractivity (Wildman–Crippen MR) is 82.4 cm³/mol. The smallest absolute Gasteiger partial charge is 0.173 e. The first kappa shape index (κ1) is 15.2. The maximum atomic E-state index is 10.0. The molecule has 0 radical (unpaired) electrons. The quantitative estimate of drug-likeness (QED) is 0.765. The number of hydrogen-bond donors (Lipinski definition) is 3. The first-order valence-corrected chi connectivity index (χ1v) is 7.88. The zero-order valence-electron chi connectivity index (χ0n) is 11.6. The SMILES string of the molecule is O[C@@H]1[C@@H](O)[C@H](Oc2cnccc2-c2cccnc2)SC[C@H]1O. The minimum absolute atomic E-state index is 0.297. The van der Waals surface area contributed by atoms with Crippen LogP contribution in [0.1, 0.15) is 0 Å². The summed E-state index contributed by atoms with van der Waals surface area (Å²) in [5.41, 5.74) is 1.00. The van der Waals surface area contributed by atoms with Crippen LogP contribution in [0.3, 0.4) is 0 Å². The van der Waals surface area contributed by atoms with Gasteiger partial charge in [0.05, 0.1) is 12.3 Å². The molecule has 0 aromatic carbocycles. The summed E-state index contributed by atoms with van der Waals surface area (Å²) in [6.07, 6.45) is 3.27. The van der Waals surface area contributed by atoms with Crippen LogP contribution in [0, 0.1) is 0 Å². The van der Waals surface area contributed by atoms with Crippen LogP contribution in [-0.2, 0) is 0 Å². The van der Waals surface area contributed by atoms with Gasteiger partial charge in [-0.15, -0.1) is 11.8 Å². The maximum absolute atomic E-state index is 10.0. The number of rotatable bonds is 3. The first-order valence-electron chi connectivity index (χ1n) is 6.83. The number of ether oxygens (including phenoxy) is 1. The fourth-order valence-corrected chi connectivity index (χ4v) is 3.36. The fraction of sp³-hybridized carbons (Fsp3) is 0.333. The highest BCUT2D eigenvalue weighted by Crippen LogP contribution is 2.34. The van der Waals surface area contributed by atoms with Gasteiger partial charge in [0.15, 0.2) is 5.44 Å². The maximum Gasteiger partial charge on any atom is 0.173 e. The summed E-state index contributed by atoms with van der Waals surface area (Å²) in [6, 6.07) is 5.53. The molecule has 0 unspecified atom stereocenters. The van der Waals surface area contributed by atoms with Crippen molar-refractivity contribution in [1.29, 1.82) is 0 Å². The van der Waals surface area contributed by atoms with Gasteiger partial charge in [-0.1, -0.05) is 6.07 Å². The van der Waals surface area contributed by atoms with Gasteiger partial charge < -0.3 is 20.1 Å². The molecule has 22 heavy (non-hydrogen) atoms. The first-order chi connectivity index (χ1) is 10.7. The van der Waals surface area contributed by atoms with Crippen molar-refractivity contribution in [3.63, 3.8) is 0 Å². The molecule has 1 aliphatic heterocycles. The van der Waals surface area contributed by atoms with E-state index in [9.17, 15) is 15.3 Å². The summed E-state index contributed by atoms with van der Waals surface area (Å²) < 4.78 is 5.82. The van der Waals surface area contributed by atoms with Gasteiger partial charge in [0.1, 0.15) is 18.0 Å². The lowest BCUT2D eigenvalue weighted by atomic mass is 10.1. The van der Waals surface area contributed by atoms with Gasteiger partial charge >= 0.3 is 0 Å². The number of nitrogens with zero attached hydrogens (tertiary/aromatic N) is 2. The molecule has 3 heterocycles. The normalized spacial score (nSPS) is 28.3. The number of aliphatic hydroxyl groups excluding tert-OH is 3. The fourth-order valence-electron chi connectivity index (χ4n) is 2.24.